The summed E-state index contributed by atoms with van der Waals surface area (Å²) in [6.07, 6.45) is 2.51. The minimum absolute atomic E-state index is 0.150. The quantitative estimate of drug-likeness (QED) is 0.479. The Bertz CT molecular complexity index is 984. The Kier molecular flexibility index (Phi) is 5.94. The molecule has 0 atom stereocenters. The molecular formula is C18H10Cl3FN2OS. The number of rotatable bonds is 4. The van der Waals surface area contributed by atoms with E-state index in [-0.39, 0.29) is 10.6 Å². The van der Waals surface area contributed by atoms with Crippen LogP contribution in [0.4, 0.5) is 9.52 Å². The second-order valence-electron chi connectivity index (χ2n) is 5.12. The third-order valence-electron chi connectivity index (χ3n) is 3.34. The van der Waals surface area contributed by atoms with Crippen LogP contribution >= 0.6 is 46.1 Å². The lowest BCUT2D eigenvalue weighted by atomic mass is 10.2. The van der Waals surface area contributed by atoms with Gasteiger partial charge in [-0.3, -0.25) is 10.1 Å². The van der Waals surface area contributed by atoms with Crippen molar-refractivity contribution < 1.29 is 9.18 Å². The van der Waals surface area contributed by atoms with E-state index in [2.05, 4.69) is 10.3 Å². The maximum absolute atomic E-state index is 13.7. The van der Waals surface area contributed by atoms with Crippen LogP contribution in [0.25, 0.3) is 17.3 Å². The highest BCUT2D eigenvalue weighted by Gasteiger charge is 2.10. The summed E-state index contributed by atoms with van der Waals surface area (Å²) >= 11 is 19.2. The van der Waals surface area contributed by atoms with E-state index in [4.69, 9.17) is 34.8 Å². The molecular weight excluding hydrogens is 418 g/mol. The number of aromatic nitrogens is 1. The van der Waals surface area contributed by atoms with E-state index < -0.39 is 11.7 Å². The van der Waals surface area contributed by atoms with Gasteiger partial charge < -0.3 is 0 Å². The first-order valence-electron chi connectivity index (χ1n) is 7.28. The van der Waals surface area contributed by atoms with Crippen LogP contribution in [0.15, 0.2) is 47.9 Å². The molecule has 132 valence electrons. The summed E-state index contributed by atoms with van der Waals surface area (Å²) in [5, 5.41) is 5.99. The van der Waals surface area contributed by atoms with Crippen molar-refractivity contribution in [1.29, 1.82) is 0 Å². The highest BCUT2D eigenvalue weighted by atomic mass is 35.5. The molecule has 0 saturated heterocycles. The van der Waals surface area contributed by atoms with Crippen molar-refractivity contribution in [2.75, 3.05) is 5.32 Å². The molecule has 3 aromatic rings. The molecule has 0 saturated carbocycles. The minimum Gasteiger partial charge on any atom is -0.298 e. The number of anilines is 1. The zero-order valence-electron chi connectivity index (χ0n) is 13.0. The van der Waals surface area contributed by atoms with E-state index in [9.17, 15) is 9.18 Å². The van der Waals surface area contributed by atoms with Crippen LogP contribution in [0.5, 0.6) is 0 Å². The van der Waals surface area contributed by atoms with Crippen molar-refractivity contribution in [2.45, 2.75) is 0 Å². The highest BCUT2D eigenvalue weighted by Crippen LogP contribution is 2.32. The fourth-order valence-electron chi connectivity index (χ4n) is 2.13. The average molecular weight is 428 g/mol. The molecule has 3 rings (SSSR count). The summed E-state index contributed by atoms with van der Waals surface area (Å²) in [5.74, 6) is -0.956. The molecule has 1 aromatic heterocycles. The number of nitrogens with one attached hydrogen (secondary N) is 1. The molecule has 0 aliphatic rings. The molecule has 0 unspecified atom stereocenters. The first-order chi connectivity index (χ1) is 12.4. The van der Waals surface area contributed by atoms with Crippen molar-refractivity contribution >= 4 is 63.3 Å². The molecule has 0 aliphatic carbocycles. The monoisotopic (exact) mass is 426 g/mol. The number of benzene rings is 2. The number of hydrogen-bond acceptors (Lipinski definition) is 3. The van der Waals surface area contributed by atoms with Gasteiger partial charge in [0.15, 0.2) is 5.13 Å². The van der Waals surface area contributed by atoms with Crippen LogP contribution in [0.3, 0.4) is 0 Å². The van der Waals surface area contributed by atoms with Crippen molar-refractivity contribution in [3.05, 3.63) is 74.3 Å². The first kappa shape index (κ1) is 18.9. The van der Waals surface area contributed by atoms with E-state index in [0.29, 0.717) is 26.4 Å². The summed E-state index contributed by atoms with van der Waals surface area (Å²) in [6.45, 7) is 0. The van der Waals surface area contributed by atoms with Crippen molar-refractivity contribution in [3.8, 4) is 11.3 Å². The number of amides is 1. The first-order valence-corrected chi connectivity index (χ1v) is 9.29. The van der Waals surface area contributed by atoms with E-state index >= 15 is 0 Å². The topological polar surface area (TPSA) is 42.0 Å². The van der Waals surface area contributed by atoms with Gasteiger partial charge in [0, 0.05) is 27.6 Å². The predicted octanol–water partition coefficient (Wildman–Crippen LogP) is 6.56. The number of carbonyl (C=O) groups is 1. The van der Waals surface area contributed by atoms with Crippen LogP contribution in [-0.2, 0) is 4.79 Å². The van der Waals surface area contributed by atoms with Crippen LogP contribution in [-0.4, -0.2) is 10.9 Å². The molecule has 2 aromatic carbocycles. The van der Waals surface area contributed by atoms with Crippen LogP contribution in [0, 0.1) is 5.82 Å². The Labute approximate surface area is 168 Å². The van der Waals surface area contributed by atoms with Gasteiger partial charge in [-0.1, -0.05) is 40.9 Å². The summed E-state index contributed by atoms with van der Waals surface area (Å²) in [5.41, 5.74) is 1.48. The number of thiazole rings is 1. The maximum atomic E-state index is 13.7. The van der Waals surface area contributed by atoms with Gasteiger partial charge in [0.1, 0.15) is 5.82 Å². The van der Waals surface area contributed by atoms with Gasteiger partial charge in [-0.2, -0.15) is 0 Å². The molecule has 0 fully saturated rings. The van der Waals surface area contributed by atoms with Gasteiger partial charge in [-0.25, -0.2) is 9.37 Å². The fraction of sp³-hybridized carbons (Fsp3) is 0. The summed E-state index contributed by atoms with van der Waals surface area (Å²) in [4.78, 5) is 16.4. The predicted molar refractivity (Wildman–Crippen MR) is 107 cm³/mol. The zero-order chi connectivity index (χ0) is 18.7. The third-order valence-corrected chi connectivity index (χ3v) is 4.98. The van der Waals surface area contributed by atoms with Crippen molar-refractivity contribution in [3.63, 3.8) is 0 Å². The molecule has 0 spiro atoms. The van der Waals surface area contributed by atoms with E-state index in [0.717, 1.165) is 0 Å². The molecule has 0 bridgehead atoms. The second-order valence-corrected chi connectivity index (χ2v) is 7.23. The summed E-state index contributed by atoms with van der Waals surface area (Å²) in [6, 6.07) is 9.40. The second kappa shape index (κ2) is 8.18. The smallest absolute Gasteiger partial charge is 0.250 e. The number of nitrogens with zero attached hydrogens (tertiary/aromatic N) is 1. The van der Waals surface area contributed by atoms with Gasteiger partial charge in [0.05, 0.1) is 15.7 Å². The van der Waals surface area contributed by atoms with Crippen LogP contribution < -0.4 is 5.32 Å². The molecule has 1 heterocycles. The lowest BCUT2D eigenvalue weighted by Gasteiger charge is -2.01. The highest BCUT2D eigenvalue weighted by molar-refractivity contribution is 7.14. The van der Waals surface area contributed by atoms with Crippen LogP contribution in [0.2, 0.25) is 15.1 Å². The Hall–Kier alpha value is -1.92. The van der Waals surface area contributed by atoms with Crippen molar-refractivity contribution in [1.82, 2.24) is 4.98 Å². The number of carbonyl (C=O) groups excluding carboxylic acids is 1. The SMILES string of the molecule is O=C(/C=C/c1c(F)cccc1Cl)Nc1nc(-c2ccc(Cl)cc2Cl)cs1. The van der Waals surface area contributed by atoms with E-state index in [1.807, 2.05) is 0 Å². The van der Waals surface area contributed by atoms with Gasteiger partial charge in [0.2, 0.25) is 5.91 Å². The maximum Gasteiger partial charge on any atom is 0.250 e. The molecule has 0 aliphatic heterocycles. The Morgan fingerprint density at radius 1 is 1.15 bits per heavy atom. The Balaban J connectivity index is 1.73. The summed E-state index contributed by atoms with van der Waals surface area (Å²) < 4.78 is 13.7. The van der Waals surface area contributed by atoms with Gasteiger partial charge >= 0.3 is 0 Å². The largest absolute Gasteiger partial charge is 0.298 e. The lowest BCUT2D eigenvalue weighted by Crippen LogP contribution is -2.07. The van der Waals surface area contributed by atoms with Gasteiger partial charge in [-0.15, -0.1) is 11.3 Å². The van der Waals surface area contributed by atoms with E-state index in [1.165, 1.54) is 35.6 Å². The molecule has 26 heavy (non-hydrogen) atoms. The molecule has 8 heteroatoms. The molecule has 1 amide bonds. The van der Waals surface area contributed by atoms with Crippen LogP contribution in [0.1, 0.15) is 5.56 Å². The fourth-order valence-corrected chi connectivity index (χ4v) is 3.57. The van der Waals surface area contributed by atoms with Crippen molar-refractivity contribution in [2.24, 2.45) is 0 Å². The Morgan fingerprint density at radius 3 is 2.69 bits per heavy atom. The molecule has 0 radical (unpaired) electrons. The van der Waals surface area contributed by atoms with Gasteiger partial charge in [-0.05, 0) is 36.4 Å². The Morgan fingerprint density at radius 2 is 1.96 bits per heavy atom. The summed E-state index contributed by atoms with van der Waals surface area (Å²) in [7, 11) is 0. The standard InChI is InChI=1S/C18H10Cl3FN2OS/c19-10-4-5-12(14(21)8-10)16-9-26-18(23-16)24-17(25)7-6-11-13(20)2-1-3-15(11)22/h1-9H,(H,23,24,25)/b7-6+. The molecule has 1 N–H and O–H groups in total. The number of halogens is 4. The third kappa shape index (κ3) is 4.43. The zero-order valence-corrected chi connectivity index (χ0v) is 16.1. The molecule has 3 nitrogen and oxygen atoms in total. The average Bonchev–Trinajstić information content (AvgIpc) is 3.02. The van der Waals surface area contributed by atoms with E-state index in [1.54, 1.807) is 29.6 Å². The lowest BCUT2D eigenvalue weighted by molar-refractivity contribution is -0.111. The number of hydrogen-bond donors (Lipinski definition) is 1. The van der Waals surface area contributed by atoms with Gasteiger partial charge in [0.25, 0.3) is 0 Å². The minimum atomic E-state index is -0.504. The normalized spacial score (nSPS) is 11.1.